The van der Waals surface area contributed by atoms with Gasteiger partial charge in [-0.05, 0) is 48.9 Å². The fourth-order valence-corrected chi connectivity index (χ4v) is 2.79. The molecule has 21 heavy (non-hydrogen) atoms. The zero-order chi connectivity index (χ0) is 14.7. The van der Waals surface area contributed by atoms with Crippen LogP contribution in [-0.4, -0.2) is 21.3 Å². The summed E-state index contributed by atoms with van der Waals surface area (Å²) in [5, 5.41) is 24.3. The molecule has 106 valence electrons. The SMILES string of the molecule is N#CSc1ccc(NC(=O)C2CCc3n[nH]nc3C2)cc1. The molecular formula is C14H13N5OS. The van der Waals surface area contributed by atoms with E-state index < -0.39 is 0 Å². The lowest BCUT2D eigenvalue weighted by molar-refractivity contribution is -0.120. The van der Waals surface area contributed by atoms with Crippen molar-refractivity contribution in [3.63, 3.8) is 0 Å². The van der Waals surface area contributed by atoms with Crippen molar-refractivity contribution in [2.24, 2.45) is 5.92 Å². The minimum Gasteiger partial charge on any atom is -0.326 e. The smallest absolute Gasteiger partial charge is 0.227 e. The molecule has 0 spiro atoms. The summed E-state index contributed by atoms with van der Waals surface area (Å²) in [6, 6.07) is 7.25. The van der Waals surface area contributed by atoms with Gasteiger partial charge in [-0.2, -0.15) is 20.7 Å². The summed E-state index contributed by atoms with van der Waals surface area (Å²) >= 11 is 1.10. The number of anilines is 1. The molecule has 0 saturated heterocycles. The molecule has 6 nitrogen and oxygen atoms in total. The molecule has 0 saturated carbocycles. The highest BCUT2D eigenvalue weighted by atomic mass is 32.2. The van der Waals surface area contributed by atoms with Crippen molar-refractivity contribution in [2.45, 2.75) is 24.2 Å². The number of nitriles is 1. The zero-order valence-corrected chi connectivity index (χ0v) is 12.0. The number of fused-ring (bicyclic) bond motifs is 1. The number of aromatic nitrogens is 3. The summed E-state index contributed by atoms with van der Waals surface area (Å²) < 4.78 is 0. The van der Waals surface area contributed by atoms with Gasteiger partial charge in [0.15, 0.2) is 0 Å². The Bertz CT molecular complexity index is 688. The Morgan fingerprint density at radius 3 is 2.86 bits per heavy atom. The number of amides is 1. The lowest BCUT2D eigenvalue weighted by Crippen LogP contribution is -2.28. The Morgan fingerprint density at radius 2 is 2.10 bits per heavy atom. The average Bonchev–Trinajstić information content (AvgIpc) is 2.97. The standard InChI is InChI=1S/C14H13N5OS/c15-8-21-11-4-2-10(3-5-11)16-14(20)9-1-6-12-13(7-9)18-19-17-12/h2-5,9H,1,6-7H2,(H,16,20)(H,17,18,19). The van der Waals surface area contributed by atoms with Gasteiger partial charge in [0, 0.05) is 22.9 Å². The molecule has 0 bridgehead atoms. The lowest BCUT2D eigenvalue weighted by Gasteiger charge is -2.19. The van der Waals surface area contributed by atoms with Crippen LogP contribution in [0.1, 0.15) is 17.8 Å². The normalized spacial score (nSPS) is 16.8. The molecule has 7 heteroatoms. The Labute approximate surface area is 125 Å². The summed E-state index contributed by atoms with van der Waals surface area (Å²) in [6.07, 6.45) is 2.19. The summed E-state index contributed by atoms with van der Waals surface area (Å²) in [5.41, 5.74) is 2.60. The first-order chi connectivity index (χ1) is 10.3. The van der Waals surface area contributed by atoms with Crippen LogP contribution in [0.3, 0.4) is 0 Å². The Balaban J connectivity index is 1.63. The molecule has 1 unspecified atom stereocenters. The maximum absolute atomic E-state index is 12.3. The van der Waals surface area contributed by atoms with Crippen LogP contribution in [0, 0.1) is 16.6 Å². The van der Waals surface area contributed by atoms with Crippen molar-refractivity contribution < 1.29 is 4.79 Å². The number of nitrogens with one attached hydrogen (secondary N) is 2. The first-order valence-corrected chi connectivity index (χ1v) is 7.43. The molecule has 1 atom stereocenters. The van der Waals surface area contributed by atoms with Gasteiger partial charge in [0.25, 0.3) is 0 Å². The minimum absolute atomic E-state index is 0.00402. The van der Waals surface area contributed by atoms with E-state index in [4.69, 9.17) is 5.26 Å². The average molecular weight is 299 g/mol. The van der Waals surface area contributed by atoms with Crippen LogP contribution >= 0.6 is 11.8 Å². The van der Waals surface area contributed by atoms with Crippen LogP contribution in [0.15, 0.2) is 29.2 Å². The number of carbonyl (C=O) groups is 1. The van der Waals surface area contributed by atoms with Crippen LogP contribution in [0.25, 0.3) is 0 Å². The van der Waals surface area contributed by atoms with Gasteiger partial charge < -0.3 is 5.32 Å². The third-order valence-electron chi connectivity index (χ3n) is 3.53. The van der Waals surface area contributed by atoms with Crippen molar-refractivity contribution in [2.75, 3.05) is 5.32 Å². The number of thioether (sulfide) groups is 1. The molecule has 1 aliphatic rings. The van der Waals surface area contributed by atoms with E-state index in [1.54, 1.807) is 0 Å². The van der Waals surface area contributed by atoms with E-state index in [1.807, 2.05) is 29.7 Å². The molecular weight excluding hydrogens is 286 g/mol. The summed E-state index contributed by atoms with van der Waals surface area (Å²) in [5.74, 6) is -0.0694. The number of aryl methyl sites for hydroxylation is 1. The molecule has 0 fully saturated rings. The predicted octanol–water partition coefficient (Wildman–Crippen LogP) is 2.12. The van der Waals surface area contributed by atoms with E-state index in [0.29, 0.717) is 6.42 Å². The number of thiocyanates is 1. The molecule has 1 aromatic heterocycles. The highest BCUT2D eigenvalue weighted by Crippen LogP contribution is 2.24. The maximum atomic E-state index is 12.3. The molecule has 2 aromatic rings. The highest BCUT2D eigenvalue weighted by molar-refractivity contribution is 8.03. The number of hydrogen-bond donors (Lipinski definition) is 2. The van der Waals surface area contributed by atoms with E-state index in [-0.39, 0.29) is 11.8 Å². The topological polar surface area (TPSA) is 94.5 Å². The number of aromatic amines is 1. The third-order valence-corrected chi connectivity index (χ3v) is 4.13. The third kappa shape index (κ3) is 3.06. The van der Waals surface area contributed by atoms with Crippen LogP contribution < -0.4 is 5.32 Å². The van der Waals surface area contributed by atoms with Crippen LogP contribution in [0.4, 0.5) is 5.69 Å². The Morgan fingerprint density at radius 1 is 1.33 bits per heavy atom. The second kappa shape index (κ2) is 5.97. The van der Waals surface area contributed by atoms with E-state index in [9.17, 15) is 4.79 Å². The van der Waals surface area contributed by atoms with Gasteiger partial charge in [0.2, 0.25) is 5.91 Å². The Kier molecular flexibility index (Phi) is 3.88. The monoisotopic (exact) mass is 299 g/mol. The largest absolute Gasteiger partial charge is 0.326 e. The first-order valence-electron chi connectivity index (χ1n) is 6.61. The number of H-pyrrole nitrogens is 1. The summed E-state index contributed by atoms with van der Waals surface area (Å²) in [4.78, 5) is 13.1. The minimum atomic E-state index is -0.0734. The maximum Gasteiger partial charge on any atom is 0.227 e. The fourth-order valence-electron chi connectivity index (χ4n) is 2.41. The van der Waals surface area contributed by atoms with Gasteiger partial charge in [-0.25, -0.2) is 0 Å². The number of hydrogen-bond acceptors (Lipinski definition) is 5. The van der Waals surface area contributed by atoms with Crippen molar-refractivity contribution >= 4 is 23.4 Å². The van der Waals surface area contributed by atoms with Gasteiger partial charge in [-0.15, -0.1) is 0 Å². The van der Waals surface area contributed by atoms with Crippen molar-refractivity contribution in [1.29, 1.82) is 5.26 Å². The highest BCUT2D eigenvalue weighted by Gasteiger charge is 2.27. The number of benzene rings is 1. The van der Waals surface area contributed by atoms with Gasteiger partial charge >= 0.3 is 0 Å². The van der Waals surface area contributed by atoms with E-state index >= 15 is 0 Å². The molecule has 0 aliphatic heterocycles. The van der Waals surface area contributed by atoms with Crippen LogP contribution in [-0.2, 0) is 17.6 Å². The van der Waals surface area contributed by atoms with Gasteiger partial charge in [0.05, 0.1) is 11.4 Å². The summed E-state index contributed by atoms with van der Waals surface area (Å²) in [6.45, 7) is 0. The molecule has 2 N–H and O–H groups in total. The van der Waals surface area contributed by atoms with E-state index in [1.165, 1.54) is 0 Å². The summed E-state index contributed by atoms with van der Waals surface area (Å²) in [7, 11) is 0. The quantitative estimate of drug-likeness (QED) is 0.668. The van der Waals surface area contributed by atoms with Crippen LogP contribution in [0.2, 0.25) is 0 Å². The van der Waals surface area contributed by atoms with Crippen molar-refractivity contribution in [1.82, 2.24) is 15.4 Å². The number of nitrogens with zero attached hydrogens (tertiary/aromatic N) is 3. The van der Waals surface area contributed by atoms with Crippen molar-refractivity contribution in [3.05, 3.63) is 35.7 Å². The second-order valence-electron chi connectivity index (χ2n) is 4.86. The molecule has 0 radical (unpaired) electrons. The van der Waals surface area contributed by atoms with Crippen LogP contribution in [0.5, 0.6) is 0 Å². The number of rotatable bonds is 3. The molecule has 1 aliphatic carbocycles. The first kappa shape index (κ1) is 13.6. The lowest BCUT2D eigenvalue weighted by atomic mass is 9.89. The van der Waals surface area contributed by atoms with E-state index in [0.717, 1.165) is 46.6 Å². The zero-order valence-electron chi connectivity index (χ0n) is 11.2. The van der Waals surface area contributed by atoms with Gasteiger partial charge in [0.1, 0.15) is 5.40 Å². The second-order valence-corrected chi connectivity index (χ2v) is 5.72. The predicted molar refractivity (Wildman–Crippen MR) is 78.4 cm³/mol. The molecule has 1 heterocycles. The number of carbonyl (C=O) groups excluding carboxylic acids is 1. The fraction of sp³-hybridized carbons (Fsp3) is 0.286. The molecule has 3 rings (SSSR count). The molecule has 1 aromatic carbocycles. The Hall–Kier alpha value is -2.33. The molecule has 1 amide bonds. The van der Waals surface area contributed by atoms with Gasteiger partial charge in [-0.3, -0.25) is 4.79 Å². The van der Waals surface area contributed by atoms with Gasteiger partial charge in [-0.1, -0.05) is 0 Å². The van der Waals surface area contributed by atoms with Crippen molar-refractivity contribution in [3.8, 4) is 5.40 Å². The van der Waals surface area contributed by atoms with E-state index in [2.05, 4.69) is 20.7 Å².